The maximum absolute atomic E-state index is 12.2. The molecule has 2 N–H and O–H groups in total. The number of nitrogens with one attached hydrogen (secondary N) is 1. The van der Waals surface area contributed by atoms with E-state index in [1.807, 2.05) is 0 Å². The van der Waals surface area contributed by atoms with Gasteiger partial charge in [0.2, 0.25) is 0 Å². The number of carboxylic acid groups (broad SMARTS) is 1. The van der Waals surface area contributed by atoms with Crippen LogP contribution in [-0.2, 0) is 4.79 Å². The number of hydrogen-bond donors (Lipinski definition) is 2. The third-order valence-electron chi connectivity index (χ3n) is 3.57. The number of rotatable bonds is 2. The van der Waals surface area contributed by atoms with Crippen molar-refractivity contribution < 1.29 is 14.7 Å². The molecule has 1 unspecified atom stereocenters. The molecule has 108 valence electrons. The Labute approximate surface area is 125 Å². The molecule has 1 saturated heterocycles. The first-order valence-electron chi connectivity index (χ1n) is 6.23. The number of carbonyl (C=O) groups is 2. The van der Waals surface area contributed by atoms with Gasteiger partial charge in [-0.25, -0.2) is 4.79 Å². The number of aliphatic carboxylic acids is 1. The SMILES string of the molecule is Cc1ncc(Br)cc1NC(=O)N1CCC(C)(C(=O)O)C1. The van der Waals surface area contributed by atoms with Crippen LogP contribution in [0.15, 0.2) is 16.7 Å². The van der Waals surface area contributed by atoms with E-state index in [1.54, 1.807) is 26.1 Å². The van der Waals surface area contributed by atoms with Crippen molar-refractivity contribution in [3.63, 3.8) is 0 Å². The molecule has 0 spiro atoms. The number of aromatic nitrogens is 1. The van der Waals surface area contributed by atoms with Gasteiger partial charge in [0.25, 0.3) is 0 Å². The van der Waals surface area contributed by atoms with E-state index in [-0.39, 0.29) is 12.6 Å². The van der Waals surface area contributed by atoms with Crippen molar-refractivity contribution in [1.29, 1.82) is 0 Å². The van der Waals surface area contributed by atoms with E-state index in [4.69, 9.17) is 5.11 Å². The minimum atomic E-state index is -0.867. The fourth-order valence-corrected chi connectivity index (χ4v) is 2.47. The van der Waals surface area contributed by atoms with Crippen LogP contribution in [0.5, 0.6) is 0 Å². The lowest BCUT2D eigenvalue weighted by molar-refractivity contribution is -0.146. The van der Waals surface area contributed by atoms with E-state index < -0.39 is 11.4 Å². The molecular formula is C13H16BrN3O3. The zero-order chi connectivity index (χ0) is 14.9. The van der Waals surface area contributed by atoms with E-state index >= 15 is 0 Å². The van der Waals surface area contributed by atoms with Gasteiger partial charge in [-0.15, -0.1) is 0 Å². The number of carbonyl (C=O) groups excluding carboxylic acids is 1. The van der Waals surface area contributed by atoms with Gasteiger partial charge in [-0.3, -0.25) is 9.78 Å². The second-order valence-electron chi connectivity index (χ2n) is 5.25. The molecule has 0 radical (unpaired) electrons. The summed E-state index contributed by atoms with van der Waals surface area (Å²) in [4.78, 5) is 29.0. The molecule has 6 nitrogen and oxygen atoms in total. The third kappa shape index (κ3) is 2.92. The average molecular weight is 342 g/mol. The van der Waals surface area contributed by atoms with Crippen LogP contribution in [0.3, 0.4) is 0 Å². The Morgan fingerprint density at radius 2 is 2.25 bits per heavy atom. The first kappa shape index (κ1) is 14.8. The van der Waals surface area contributed by atoms with E-state index in [1.165, 1.54) is 4.90 Å². The van der Waals surface area contributed by atoms with Crippen molar-refractivity contribution in [2.45, 2.75) is 20.3 Å². The molecule has 0 aromatic carbocycles. The first-order chi connectivity index (χ1) is 9.32. The predicted octanol–water partition coefficient (Wildman–Crippen LogP) is 2.48. The predicted molar refractivity (Wildman–Crippen MR) is 77.6 cm³/mol. The zero-order valence-electron chi connectivity index (χ0n) is 11.3. The summed E-state index contributed by atoms with van der Waals surface area (Å²) >= 11 is 3.30. The number of carboxylic acids is 1. The normalized spacial score (nSPS) is 21.9. The Balaban J connectivity index is 2.07. The summed E-state index contributed by atoms with van der Waals surface area (Å²) in [7, 11) is 0. The fraction of sp³-hybridized carbons (Fsp3) is 0.462. The van der Waals surface area contributed by atoms with Crippen LogP contribution in [0.4, 0.5) is 10.5 Å². The molecule has 1 aromatic rings. The highest BCUT2D eigenvalue weighted by Gasteiger charge is 2.42. The number of amides is 2. The second kappa shape index (κ2) is 5.40. The van der Waals surface area contributed by atoms with Crippen LogP contribution < -0.4 is 5.32 Å². The van der Waals surface area contributed by atoms with Crippen LogP contribution in [0, 0.1) is 12.3 Å². The van der Waals surface area contributed by atoms with E-state index in [9.17, 15) is 9.59 Å². The molecule has 20 heavy (non-hydrogen) atoms. The summed E-state index contributed by atoms with van der Waals surface area (Å²) in [5, 5.41) is 11.9. The van der Waals surface area contributed by atoms with Crippen molar-refractivity contribution in [1.82, 2.24) is 9.88 Å². The molecule has 0 aliphatic carbocycles. The molecule has 1 aliphatic rings. The molecule has 7 heteroatoms. The Morgan fingerprint density at radius 3 is 2.85 bits per heavy atom. The van der Waals surface area contributed by atoms with Gasteiger partial charge >= 0.3 is 12.0 Å². The number of halogens is 1. The van der Waals surface area contributed by atoms with Crippen molar-refractivity contribution >= 4 is 33.6 Å². The molecule has 0 saturated carbocycles. The summed E-state index contributed by atoms with van der Waals surface area (Å²) in [6.07, 6.45) is 2.12. The number of pyridine rings is 1. The number of aryl methyl sites for hydroxylation is 1. The van der Waals surface area contributed by atoms with Crippen LogP contribution in [0.1, 0.15) is 19.0 Å². The van der Waals surface area contributed by atoms with Crippen molar-refractivity contribution in [3.8, 4) is 0 Å². The molecule has 2 rings (SSSR count). The molecule has 0 bridgehead atoms. The lowest BCUT2D eigenvalue weighted by Gasteiger charge is -2.21. The number of anilines is 1. The van der Waals surface area contributed by atoms with Crippen LogP contribution in [-0.4, -0.2) is 40.1 Å². The Hall–Kier alpha value is -1.63. The van der Waals surface area contributed by atoms with Crippen molar-refractivity contribution in [2.24, 2.45) is 5.41 Å². The summed E-state index contributed by atoms with van der Waals surface area (Å²) in [6.45, 7) is 4.12. The van der Waals surface area contributed by atoms with Gasteiger partial charge in [-0.2, -0.15) is 0 Å². The standard InChI is InChI=1S/C13H16BrN3O3/c1-8-10(5-9(14)6-15-8)16-12(20)17-4-3-13(2,7-17)11(18)19/h5-6H,3-4,7H2,1-2H3,(H,16,20)(H,18,19). The number of hydrogen-bond acceptors (Lipinski definition) is 3. The molecule has 2 amide bonds. The number of urea groups is 1. The van der Waals surface area contributed by atoms with Crippen LogP contribution in [0.25, 0.3) is 0 Å². The minimum Gasteiger partial charge on any atom is -0.481 e. The third-order valence-corrected chi connectivity index (χ3v) is 4.01. The molecule has 1 atom stereocenters. The molecular weight excluding hydrogens is 326 g/mol. The molecule has 1 aromatic heterocycles. The second-order valence-corrected chi connectivity index (χ2v) is 6.17. The largest absolute Gasteiger partial charge is 0.481 e. The van der Waals surface area contributed by atoms with E-state index in [0.717, 1.165) is 4.47 Å². The van der Waals surface area contributed by atoms with Gasteiger partial charge in [0.15, 0.2) is 0 Å². The fourth-order valence-electron chi connectivity index (χ4n) is 2.14. The zero-order valence-corrected chi connectivity index (χ0v) is 12.9. The smallest absolute Gasteiger partial charge is 0.321 e. The topological polar surface area (TPSA) is 82.5 Å². The first-order valence-corrected chi connectivity index (χ1v) is 7.02. The quantitative estimate of drug-likeness (QED) is 0.865. The molecule has 1 aliphatic heterocycles. The van der Waals surface area contributed by atoms with E-state index in [2.05, 4.69) is 26.2 Å². The minimum absolute atomic E-state index is 0.217. The van der Waals surface area contributed by atoms with Crippen LogP contribution >= 0.6 is 15.9 Å². The summed E-state index contributed by atoms with van der Waals surface area (Å²) < 4.78 is 0.773. The van der Waals surface area contributed by atoms with Gasteiger partial charge in [-0.1, -0.05) is 0 Å². The number of nitrogens with zero attached hydrogens (tertiary/aromatic N) is 2. The van der Waals surface area contributed by atoms with Gasteiger partial charge in [0.05, 0.1) is 16.8 Å². The van der Waals surface area contributed by atoms with Crippen LogP contribution in [0.2, 0.25) is 0 Å². The Kier molecular flexibility index (Phi) is 3.99. The summed E-state index contributed by atoms with van der Waals surface area (Å²) in [5.41, 5.74) is 0.470. The molecule has 2 heterocycles. The van der Waals surface area contributed by atoms with E-state index in [0.29, 0.717) is 24.3 Å². The Morgan fingerprint density at radius 1 is 1.55 bits per heavy atom. The lowest BCUT2D eigenvalue weighted by atomic mass is 9.90. The highest BCUT2D eigenvalue weighted by molar-refractivity contribution is 9.10. The van der Waals surface area contributed by atoms with Crippen molar-refractivity contribution in [3.05, 3.63) is 22.4 Å². The summed E-state index contributed by atoms with van der Waals surface area (Å²) in [5.74, 6) is -0.867. The van der Waals surface area contributed by atoms with Gasteiger partial charge in [0, 0.05) is 23.8 Å². The molecule has 1 fully saturated rings. The monoisotopic (exact) mass is 341 g/mol. The van der Waals surface area contributed by atoms with Gasteiger partial charge in [0.1, 0.15) is 0 Å². The van der Waals surface area contributed by atoms with Gasteiger partial charge < -0.3 is 15.3 Å². The Bertz CT molecular complexity index is 564. The highest BCUT2D eigenvalue weighted by Crippen LogP contribution is 2.30. The van der Waals surface area contributed by atoms with Gasteiger partial charge in [-0.05, 0) is 42.3 Å². The maximum Gasteiger partial charge on any atom is 0.321 e. The maximum atomic E-state index is 12.2. The highest BCUT2D eigenvalue weighted by atomic mass is 79.9. The van der Waals surface area contributed by atoms with Crippen molar-refractivity contribution in [2.75, 3.05) is 18.4 Å². The average Bonchev–Trinajstić information content (AvgIpc) is 2.78. The number of likely N-dealkylation sites (tertiary alicyclic amines) is 1. The lowest BCUT2D eigenvalue weighted by Crippen LogP contribution is -2.37. The summed E-state index contributed by atoms with van der Waals surface area (Å²) in [6, 6.07) is 1.48.